The smallest absolute Gasteiger partial charge is 0.310 e. The lowest BCUT2D eigenvalue weighted by Gasteiger charge is -2.25. The summed E-state index contributed by atoms with van der Waals surface area (Å²) in [6, 6.07) is 0. The van der Waals surface area contributed by atoms with Gasteiger partial charge in [-0.15, -0.1) is 0 Å². The molecule has 2 bridgehead atoms. The molecule has 0 radical (unpaired) electrons. The molecule has 0 spiro atoms. The number of carbonyl (C=O) groups excluding carboxylic acids is 2. The third-order valence-corrected chi connectivity index (χ3v) is 3.27. The normalized spacial score (nSPS) is 34.6. The summed E-state index contributed by atoms with van der Waals surface area (Å²) >= 11 is 0. The summed E-state index contributed by atoms with van der Waals surface area (Å²) in [5.41, 5.74) is -0.442. The van der Waals surface area contributed by atoms with Crippen molar-refractivity contribution in [2.24, 2.45) is 17.8 Å². The lowest BCUT2D eigenvalue weighted by molar-refractivity contribution is -0.163. The van der Waals surface area contributed by atoms with Gasteiger partial charge in [0.05, 0.1) is 5.92 Å². The minimum absolute atomic E-state index is 0.0372. The van der Waals surface area contributed by atoms with Crippen LogP contribution < -0.4 is 0 Å². The Hall–Kier alpha value is -0.860. The zero-order valence-electron chi connectivity index (χ0n) is 9.58. The van der Waals surface area contributed by atoms with E-state index in [1.807, 2.05) is 20.8 Å². The fraction of sp³-hybridized carbons (Fsp3) is 0.833. The maximum absolute atomic E-state index is 11.8. The Morgan fingerprint density at radius 2 is 2.00 bits per heavy atom. The topological polar surface area (TPSA) is 43.4 Å². The molecule has 3 unspecified atom stereocenters. The number of carbonyl (C=O) groups is 2. The van der Waals surface area contributed by atoms with E-state index >= 15 is 0 Å². The van der Waals surface area contributed by atoms with Crippen molar-refractivity contribution >= 4 is 11.8 Å². The molecule has 0 aliphatic heterocycles. The number of ether oxygens (including phenoxy) is 1. The van der Waals surface area contributed by atoms with Crippen molar-refractivity contribution in [3.05, 3.63) is 0 Å². The zero-order chi connectivity index (χ0) is 11.2. The molecule has 2 rings (SSSR count). The number of ketones is 1. The van der Waals surface area contributed by atoms with Gasteiger partial charge in [0, 0.05) is 12.3 Å². The second kappa shape index (κ2) is 3.32. The van der Waals surface area contributed by atoms with E-state index in [1.165, 1.54) is 0 Å². The average Bonchev–Trinajstić information content (AvgIpc) is 2.58. The fourth-order valence-corrected chi connectivity index (χ4v) is 2.74. The van der Waals surface area contributed by atoms with Gasteiger partial charge in [0.1, 0.15) is 11.4 Å². The van der Waals surface area contributed by atoms with Gasteiger partial charge in [-0.25, -0.2) is 0 Å². The Kier molecular flexibility index (Phi) is 2.36. The van der Waals surface area contributed by atoms with Crippen molar-refractivity contribution in [2.45, 2.75) is 45.6 Å². The van der Waals surface area contributed by atoms with Crippen LogP contribution >= 0.6 is 0 Å². The molecule has 3 nitrogen and oxygen atoms in total. The quantitative estimate of drug-likeness (QED) is 0.621. The fourth-order valence-electron chi connectivity index (χ4n) is 2.74. The molecule has 0 aromatic heterocycles. The summed E-state index contributed by atoms with van der Waals surface area (Å²) in [5.74, 6) is 0.338. The molecule has 0 aromatic carbocycles. The van der Waals surface area contributed by atoms with Crippen molar-refractivity contribution in [2.75, 3.05) is 0 Å². The first-order chi connectivity index (χ1) is 6.87. The second-order valence-electron chi connectivity index (χ2n) is 5.75. The third kappa shape index (κ3) is 2.06. The van der Waals surface area contributed by atoms with E-state index < -0.39 is 5.60 Å². The largest absolute Gasteiger partial charge is 0.460 e. The minimum atomic E-state index is -0.442. The van der Waals surface area contributed by atoms with Crippen LogP contribution in [0.15, 0.2) is 0 Å². The summed E-state index contributed by atoms with van der Waals surface area (Å²) in [7, 11) is 0. The van der Waals surface area contributed by atoms with Gasteiger partial charge in [0.2, 0.25) is 0 Å². The van der Waals surface area contributed by atoms with Gasteiger partial charge in [0.15, 0.2) is 0 Å². The molecule has 84 valence electrons. The average molecular weight is 210 g/mol. The van der Waals surface area contributed by atoms with Crippen LogP contribution in [0.4, 0.5) is 0 Å². The van der Waals surface area contributed by atoms with Crippen molar-refractivity contribution in [3.63, 3.8) is 0 Å². The first-order valence-electron chi connectivity index (χ1n) is 5.62. The summed E-state index contributed by atoms with van der Waals surface area (Å²) in [4.78, 5) is 23.3. The Morgan fingerprint density at radius 3 is 2.47 bits per heavy atom. The highest BCUT2D eigenvalue weighted by atomic mass is 16.6. The lowest BCUT2D eigenvalue weighted by Crippen LogP contribution is -2.33. The Morgan fingerprint density at radius 1 is 1.33 bits per heavy atom. The van der Waals surface area contributed by atoms with Crippen LogP contribution in [0, 0.1) is 17.8 Å². The van der Waals surface area contributed by atoms with Crippen LogP contribution in [-0.2, 0) is 14.3 Å². The Balaban J connectivity index is 2.01. The standard InChI is InChI=1S/C12H18O3/c1-12(2,3)15-11(14)9-5-7-4-8(9)10(13)6-7/h7-9H,4-6H2,1-3H3. The highest BCUT2D eigenvalue weighted by Crippen LogP contribution is 2.46. The Bertz CT molecular complexity index is 300. The minimum Gasteiger partial charge on any atom is -0.460 e. The molecule has 2 saturated carbocycles. The van der Waals surface area contributed by atoms with Gasteiger partial charge in [0.25, 0.3) is 0 Å². The van der Waals surface area contributed by atoms with Crippen LogP contribution in [0.25, 0.3) is 0 Å². The van der Waals surface area contributed by atoms with Gasteiger partial charge in [-0.05, 0) is 39.5 Å². The molecule has 0 N–H and O–H groups in total. The van der Waals surface area contributed by atoms with Gasteiger partial charge in [-0.1, -0.05) is 0 Å². The van der Waals surface area contributed by atoms with E-state index in [1.54, 1.807) is 0 Å². The molecule has 0 aromatic rings. The summed E-state index contributed by atoms with van der Waals surface area (Å²) in [5, 5.41) is 0. The van der Waals surface area contributed by atoms with Crippen molar-refractivity contribution in [3.8, 4) is 0 Å². The molecule has 15 heavy (non-hydrogen) atoms. The number of hydrogen-bond donors (Lipinski definition) is 0. The summed E-state index contributed by atoms with van der Waals surface area (Å²) in [6.45, 7) is 5.58. The molecule has 0 heterocycles. The number of esters is 1. The zero-order valence-corrected chi connectivity index (χ0v) is 9.58. The van der Waals surface area contributed by atoms with E-state index in [-0.39, 0.29) is 23.6 Å². The molecule has 3 heteroatoms. The highest BCUT2D eigenvalue weighted by Gasteiger charge is 2.49. The van der Waals surface area contributed by atoms with Crippen LogP contribution in [0.2, 0.25) is 0 Å². The van der Waals surface area contributed by atoms with Crippen LogP contribution in [0.5, 0.6) is 0 Å². The van der Waals surface area contributed by atoms with E-state index in [0.717, 1.165) is 12.8 Å². The number of fused-ring (bicyclic) bond motifs is 2. The maximum Gasteiger partial charge on any atom is 0.310 e. The predicted molar refractivity (Wildman–Crippen MR) is 55.2 cm³/mol. The molecule has 2 aliphatic rings. The van der Waals surface area contributed by atoms with E-state index in [9.17, 15) is 9.59 Å². The van der Waals surface area contributed by atoms with Crippen LogP contribution in [-0.4, -0.2) is 17.4 Å². The summed E-state index contributed by atoms with van der Waals surface area (Å²) in [6.07, 6.45) is 2.44. The monoisotopic (exact) mass is 210 g/mol. The van der Waals surface area contributed by atoms with Crippen molar-refractivity contribution < 1.29 is 14.3 Å². The highest BCUT2D eigenvalue weighted by molar-refractivity contribution is 5.90. The predicted octanol–water partition coefficient (Wildman–Crippen LogP) is 1.94. The van der Waals surface area contributed by atoms with E-state index in [0.29, 0.717) is 12.3 Å². The first kappa shape index (κ1) is 10.7. The molecule has 0 amide bonds. The van der Waals surface area contributed by atoms with Crippen molar-refractivity contribution in [1.82, 2.24) is 0 Å². The van der Waals surface area contributed by atoms with E-state index in [4.69, 9.17) is 4.74 Å². The molecular weight excluding hydrogens is 192 g/mol. The molecular formula is C12H18O3. The Labute approximate surface area is 90.2 Å². The number of rotatable bonds is 1. The molecule has 0 saturated heterocycles. The lowest BCUT2D eigenvalue weighted by atomic mass is 9.88. The second-order valence-corrected chi connectivity index (χ2v) is 5.75. The number of hydrogen-bond acceptors (Lipinski definition) is 3. The molecule has 2 aliphatic carbocycles. The van der Waals surface area contributed by atoms with Crippen molar-refractivity contribution in [1.29, 1.82) is 0 Å². The third-order valence-electron chi connectivity index (χ3n) is 3.27. The van der Waals surface area contributed by atoms with Gasteiger partial charge >= 0.3 is 5.97 Å². The summed E-state index contributed by atoms with van der Waals surface area (Å²) < 4.78 is 5.33. The van der Waals surface area contributed by atoms with Gasteiger partial charge in [-0.3, -0.25) is 9.59 Å². The SMILES string of the molecule is CC(C)(C)OC(=O)C1CC2CC(=O)C1C2. The van der Waals surface area contributed by atoms with Gasteiger partial charge in [-0.2, -0.15) is 0 Å². The van der Waals surface area contributed by atoms with E-state index in [2.05, 4.69) is 0 Å². The first-order valence-corrected chi connectivity index (χ1v) is 5.62. The van der Waals surface area contributed by atoms with Crippen LogP contribution in [0.3, 0.4) is 0 Å². The number of Topliss-reactive ketones (excluding diaryl/α,β-unsaturated/α-hetero) is 1. The molecule has 3 atom stereocenters. The van der Waals surface area contributed by atoms with Crippen LogP contribution in [0.1, 0.15) is 40.0 Å². The molecule has 2 fully saturated rings. The van der Waals surface area contributed by atoms with Gasteiger partial charge < -0.3 is 4.74 Å². The maximum atomic E-state index is 11.8.